The zero-order valence-corrected chi connectivity index (χ0v) is 18.5. The average Bonchev–Trinajstić information content (AvgIpc) is 2.75. The van der Waals surface area contributed by atoms with Crippen LogP contribution in [-0.4, -0.2) is 54.2 Å². The monoisotopic (exact) mass is 424 g/mol. The summed E-state index contributed by atoms with van der Waals surface area (Å²) < 4.78 is 5.25. The summed E-state index contributed by atoms with van der Waals surface area (Å²) in [5.41, 5.74) is 2.48. The van der Waals surface area contributed by atoms with Crippen LogP contribution in [0.2, 0.25) is 0 Å². The van der Waals surface area contributed by atoms with Gasteiger partial charge in [-0.2, -0.15) is 0 Å². The van der Waals surface area contributed by atoms with Crippen LogP contribution in [-0.2, 0) is 13.1 Å². The Hall–Kier alpha value is -2.90. The second-order valence-corrected chi connectivity index (χ2v) is 7.83. The quantitative estimate of drug-likeness (QED) is 0.542. The van der Waals surface area contributed by atoms with Crippen LogP contribution in [0.15, 0.2) is 59.4 Å². The van der Waals surface area contributed by atoms with Gasteiger partial charge in [-0.15, -0.1) is 0 Å². The molecule has 6 nitrogen and oxygen atoms in total. The number of H-pyrrole nitrogens is 1. The Morgan fingerprint density at radius 2 is 1.87 bits per heavy atom. The fraction of sp³-hybridized carbons (Fsp3) is 0.304. The normalized spacial score (nSPS) is 10.9. The van der Waals surface area contributed by atoms with Crippen molar-refractivity contribution in [1.29, 1.82) is 0 Å². The van der Waals surface area contributed by atoms with Crippen molar-refractivity contribution in [1.82, 2.24) is 20.1 Å². The summed E-state index contributed by atoms with van der Waals surface area (Å²) in [6.07, 6.45) is 0. The fourth-order valence-electron chi connectivity index (χ4n) is 3.13. The fourth-order valence-corrected chi connectivity index (χ4v) is 3.36. The third-order valence-corrected chi connectivity index (χ3v) is 5.28. The SMILES string of the molecule is COc1ccc2cc(CN(CCN(C)C)C(=S)NCc3ccccc3)c(=O)[nH]c2c1. The molecule has 0 fully saturated rings. The molecule has 0 aliphatic carbocycles. The Morgan fingerprint density at radius 1 is 1.10 bits per heavy atom. The number of rotatable bonds is 8. The van der Waals surface area contributed by atoms with E-state index in [9.17, 15) is 4.79 Å². The molecule has 2 N–H and O–H groups in total. The van der Waals surface area contributed by atoms with Gasteiger partial charge in [-0.25, -0.2) is 0 Å². The maximum absolute atomic E-state index is 12.7. The van der Waals surface area contributed by atoms with Gasteiger partial charge in [-0.05, 0) is 55.5 Å². The Kier molecular flexibility index (Phi) is 7.43. The molecule has 3 aromatic rings. The third-order valence-electron chi connectivity index (χ3n) is 4.88. The van der Waals surface area contributed by atoms with Crippen LogP contribution >= 0.6 is 12.2 Å². The number of hydrogen-bond acceptors (Lipinski definition) is 4. The number of thiocarbonyl (C=S) groups is 1. The second-order valence-electron chi connectivity index (χ2n) is 7.45. The van der Waals surface area contributed by atoms with Crippen molar-refractivity contribution in [2.24, 2.45) is 0 Å². The number of hydrogen-bond donors (Lipinski definition) is 2. The summed E-state index contributed by atoms with van der Waals surface area (Å²) in [6, 6.07) is 17.7. The van der Waals surface area contributed by atoms with Crippen LogP contribution in [0.1, 0.15) is 11.1 Å². The van der Waals surface area contributed by atoms with E-state index in [1.165, 1.54) is 0 Å². The molecule has 2 aromatic carbocycles. The summed E-state index contributed by atoms with van der Waals surface area (Å²) >= 11 is 5.67. The molecule has 30 heavy (non-hydrogen) atoms. The van der Waals surface area contributed by atoms with E-state index in [1.807, 2.05) is 61.5 Å². The number of pyridine rings is 1. The molecule has 0 aliphatic rings. The number of benzene rings is 2. The van der Waals surface area contributed by atoms with Gasteiger partial charge in [0.25, 0.3) is 5.56 Å². The molecule has 0 unspecified atom stereocenters. The van der Waals surface area contributed by atoms with Gasteiger partial charge in [0.2, 0.25) is 0 Å². The maximum Gasteiger partial charge on any atom is 0.253 e. The Bertz CT molecular complexity index is 1050. The molecule has 0 aliphatic heterocycles. The number of likely N-dealkylation sites (N-methyl/N-ethyl adjacent to an activating group) is 1. The van der Waals surface area contributed by atoms with Gasteiger partial charge >= 0.3 is 0 Å². The van der Waals surface area contributed by atoms with Crippen molar-refractivity contribution >= 4 is 28.2 Å². The number of methoxy groups -OCH3 is 1. The number of nitrogens with one attached hydrogen (secondary N) is 2. The zero-order chi connectivity index (χ0) is 21.5. The van der Waals surface area contributed by atoms with Crippen molar-refractivity contribution in [3.05, 3.63) is 76.1 Å². The first kappa shape index (κ1) is 21.8. The molecule has 1 aromatic heterocycles. The molecule has 3 rings (SSSR count). The smallest absolute Gasteiger partial charge is 0.253 e. The van der Waals surface area contributed by atoms with E-state index in [0.29, 0.717) is 36.1 Å². The topological polar surface area (TPSA) is 60.6 Å². The summed E-state index contributed by atoms with van der Waals surface area (Å²) in [5.74, 6) is 0.713. The van der Waals surface area contributed by atoms with E-state index in [-0.39, 0.29) is 5.56 Å². The zero-order valence-electron chi connectivity index (χ0n) is 17.6. The van der Waals surface area contributed by atoms with E-state index in [2.05, 4.69) is 27.3 Å². The Labute approximate surface area is 182 Å². The van der Waals surface area contributed by atoms with Crippen molar-refractivity contribution < 1.29 is 4.74 Å². The number of aromatic nitrogens is 1. The molecule has 1 heterocycles. The largest absolute Gasteiger partial charge is 0.497 e. The summed E-state index contributed by atoms with van der Waals surface area (Å²) in [4.78, 5) is 19.8. The molecular weight excluding hydrogens is 396 g/mol. The molecule has 0 spiro atoms. The van der Waals surface area contributed by atoms with Crippen LogP contribution in [0.5, 0.6) is 5.75 Å². The molecule has 0 radical (unpaired) electrons. The van der Waals surface area contributed by atoms with Crippen molar-refractivity contribution in [3.63, 3.8) is 0 Å². The summed E-state index contributed by atoms with van der Waals surface area (Å²) in [5, 5.41) is 4.92. The van der Waals surface area contributed by atoms with Gasteiger partial charge in [0.05, 0.1) is 19.2 Å². The van der Waals surface area contributed by atoms with Crippen LogP contribution < -0.4 is 15.6 Å². The van der Waals surface area contributed by atoms with E-state index in [4.69, 9.17) is 17.0 Å². The Balaban J connectivity index is 1.78. The molecule has 0 amide bonds. The van der Waals surface area contributed by atoms with Crippen LogP contribution in [0.25, 0.3) is 10.9 Å². The maximum atomic E-state index is 12.7. The van der Waals surface area contributed by atoms with Gasteiger partial charge in [-0.1, -0.05) is 30.3 Å². The molecular formula is C23H28N4O2S. The van der Waals surface area contributed by atoms with Crippen molar-refractivity contribution in [2.45, 2.75) is 13.1 Å². The van der Waals surface area contributed by atoms with E-state index < -0.39 is 0 Å². The molecule has 0 atom stereocenters. The minimum absolute atomic E-state index is 0.114. The lowest BCUT2D eigenvalue weighted by molar-refractivity contribution is 0.322. The van der Waals surface area contributed by atoms with E-state index in [1.54, 1.807) is 7.11 Å². The van der Waals surface area contributed by atoms with E-state index >= 15 is 0 Å². The highest BCUT2D eigenvalue weighted by molar-refractivity contribution is 7.80. The van der Waals surface area contributed by atoms with Gasteiger partial charge in [0.1, 0.15) is 5.75 Å². The van der Waals surface area contributed by atoms with Crippen LogP contribution in [0.4, 0.5) is 0 Å². The first-order valence-electron chi connectivity index (χ1n) is 9.87. The molecule has 0 bridgehead atoms. The van der Waals surface area contributed by atoms with E-state index in [0.717, 1.165) is 23.0 Å². The third kappa shape index (κ3) is 5.81. The lowest BCUT2D eigenvalue weighted by Crippen LogP contribution is -2.43. The highest BCUT2D eigenvalue weighted by atomic mass is 32.1. The number of ether oxygens (including phenoxy) is 1. The van der Waals surface area contributed by atoms with Crippen molar-refractivity contribution in [2.75, 3.05) is 34.3 Å². The van der Waals surface area contributed by atoms with Crippen molar-refractivity contribution in [3.8, 4) is 5.75 Å². The number of nitrogens with zero attached hydrogens (tertiary/aromatic N) is 2. The first-order chi connectivity index (χ1) is 14.5. The number of fused-ring (bicyclic) bond motifs is 1. The van der Waals surface area contributed by atoms with Crippen LogP contribution in [0, 0.1) is 0 Å². The predicted molar refractivity (Wildman–Crippen MR) is 126 cm³/mol. The van der Waals surface area contributed by atoms with Gasteiger partial charge < -0.3 is 24.8 Å². The molecule has 7 heteroatoms. The average molecular weight is 425 g/mol. The molecule has 0 saturated heterocycles. The summed E-state index contributed by atoms with van der Waals surface area (Å²) in [6.45, 7) is 2.63. The van der Waals surface area contributed by atoms with Gasteiger partial charge in [0.15, 0.2) is 5.11 Å². The first-order valence-corrected chi connectivity index (χ1v) is 10.3. The Morgan fingerprint density at radius 3 is 2.57 bits per heavy atom. The minimum Gasteiger partial charge on any atom is -0.497 e. The standard InChI is InChI=1S/C23H28N4O2S/c1-26(2)11-12-27(23(30)24-15-17-7-5-4-6-8-17)16-19-13-18-9-10-20(29-3)14-21(18)25-22(19)28/h4-10,13-14H,11-12,15-16H2,1-3H3,(H,24,30)(H,25,28). The lowest BCUT2D eigenvalue weighted by atomic mass is 10.1. The van der Waals surface area contributed by atoms with Crippen LogP contribution in [0.3, 0.4) is 0 Å². The highest BCUT2D eigenvalue weighted by Gasteiger charge is 2.14. The highest BCUT2D eigenvalue weighted by Crippen LogP contribution is 2.19. The van der Waals surface area contributed by atoms with Gasteiger partial charge in [0, 0.05) is 31.3 Å². The molecule has 158 valence electrons. The minimum atomic E-state index is -0.114. The van der Waals surface area contributed by atoms with Gasteiger partial charge in [-0.3, -0.25) is 4.79 Å². The second kappa shape index (κ2) is 10.2. The lowest BCUT2D eigenvalue weighted by Gasteiger charge is -2.27. The molecule has 0 saturated carbocycles. The summed E-state index contributed by atoms with van der Waals surface area (Å²) in [7, 11) is 5.66. The predicted octanol–water partition coefficient (Wildman–Crippen LogP) is 2.98. The number of aromatic amines is 1.